The van der Waals surface area contributed by atoms with E-state index in [0.717, 1.165) is 5.56 Å². The Kier molecular flexibility index (Phi) is 5.43. The van der Waals surface area contributed by atoms with E-state index in [1.807, 2.05) is 0 Å². The van der Waals surface area contributed by atoms with E-state index >= 15 is 0 Å². The second-order valence-corrected chi connectivity index (χ2v) is 4.40. The first-order chi connectivity index (χ1) is 10.7. The molecule has 112 valence electrons. The number of hydrogen-bond donors (Lipinski definition) is 1. The van der Waals surface area contributed by atoms with Crippen molar-refractivity contribution in [1.82, 2.24) is 4.98 Å². The minimum Gasteiger partial charge on any atom is -0.463 e. The molecule has 2 rings (SSSR count). The van der Waals surface area contributed by atoms with Crippen molar-refractivity contribution in [3.05, 3.63) is 66.0 Å². The molecule has 5 nitrogen and oxygen atoms in total. The van der Waals surface area contributed by atoms with Gasteiger partial charge >= 0.3 is 5.97 Å². The smallest absolute Gasteiger partial charge is 0.330 e. The van der Waals surface area contributed by atoms with Crippen LogP contribution in [0.1, 0.15) is 22.8 Å². The molecule has 0 saturated heterocycles. The number of ether oxygens (including phenoxy) is 1. The zero-order valence-corrected chi connectivity index (χ0v) is 12.2. The molecule has 0 aliphatic heterocycles. The molecule has 0 atom stereocenters. The molecule has 0 saturated carbocycles. The maximum Gasteiger partial charge on any atom is 0.330 e. The topological polar surface area (TPSA) is 68.3 Å². The van der Waals surface area contributed by atoms with Gasteiger partial charge in [-0.1, -0.05) is 12.1 Å². The molecule has 5 heteroatoms. The van der Waals surface area contributed by atoms with Crippen LogP contribution in [0.25, 0.3) is 6.08 Å². The summed E-state index contributed by atoms with van der Waals surface area (Å²) in [6.45, 7) is 2.11. The number of benzene rings is 1. The summed E-state index contributed by atoms with van der Waals surface area (Å²) in [5.74, 6) is -0.574. The Morgan fingerprint density at radius 2 is 1.82 bits per heavy atom. The normalized spacial score (nSPS) is 10.4. The molecule has 0 bridgehead atoms. The SMILES string of the molecule is CCOC(=O)C=Cc1ccc(NC(=O)c2ccncc2)cc1. The summed E-state index contributed by atoms with van der Waals surface area (Å²) >= 11 is 0. The first-order valence-electron chi connectivity index (χ1n) is 6.85. The summed E-state index contributed by atoms with van der Waals surface area (Å²) in [6.07, 6.45) is 6.16. The van der Waals surface area contributed by atoms with Gasteiger partial charge in [0.25, 0.3) is 5.91 Å². The number of amides is 1. The van der Waals surface area contributed by atoms with Crippen LogP contribution in [0.3, 0.4) is 0 Å². The molecule has 0 spiro atoms. The molecule has 1 aromatic carbocycles. The van der Waals surface area contributed by atoms with E-state index < -0.39 is 0 Å². The van der Waals surface area contributed by atoms with Crippen LogP contribution in [-0.4, -0.2) is 23.5 Å². The minimum atomic E-state index is -0.377. The van der Waals surface area contributed by atoms with Crippen LogP contribution < -0.4 is 5.32 Å². The molecule has 1 amide bonds. The minimum absolute atomic E-state index is 0.197. The van der Waals surface area contributed by atoms with Gasteiger partial charge in [0, 0.05) is 29.7 Å². The first-order valence-corrected chi connectivity index (χ1v) is 6.85. The van der Waals surface area contributed by atoms with Crippen molar-refractivity contribution in [3.63, 3.8) is 0 Å². The molecule has 22 heavy (non-hydrogen) atoms. The van der Waals surface area contributed by atoms with E-state index in [9.17, 15) is 9.59 Å². The average Bonchev–Trinajstić information content (AvgIpc) is 2.55. The maximum absolute atomic E-state index is 12.0. The molecule has 1 aromatic heterocycles. The van der Waals surface area contributed by atoms with Crippen LogP contribution in [0.5, 0.6) is 0 Å². The van der Waals surface area contributed by atoms with Gasteiger partial charge in [0.15, 0.2) is 0 Å². The molecule has 2 aromatic rings. The maximum atomic E-state index is 12.0. The second-order valence-electron chi connectivity index (χ2n) is 4.40. The van der Waals surface area contributed by atoms with Gasteiger partial charge in [-0.25, -0.2) is 4.79 Å². The monoisotopic (exact) mass is 296 g/mol. The average molecular weight is 296 g/mol. The van der Waals surface area contributed by atoms with E-state index in [1.165, 1.54) is 6.08 Å². The van der Waals surface area contributed by atoms with Crippen molar-refractivity contribution in [2.45, 2.75) is 6.92 Å². The lowest BCUT2D eigenvalue weighted by Crippen LogP contribution is -2.11. The van der Waals surface area contributed by atoms with Crippen molar-refractivity contribution in [2.75, 3.05) is 11.9 Å². The lowest BCUT2D eigenvalue weighted by Gasteiger charge is -2.05. The fourth-order valence-corrected chi connectivity index (χ4v) is 1.74. The van der Waals surface area contributed by atoms with Gasteiger partial charge in [-0.3, -0.25) is 9.78 Å². The van der Waals surface area contributed by atoms with Crippen LogP contribution in [0.2, 0.25) is 0 Å². The Bertz CT molecular complexity index is 664. The van der Waals surface area contributed by atoms with Gasteiger partial charge in [0.2, 0.25) is 0 Å². The van der Waals surface area contributed by atoms with Crippen molar-refractivity contribution in [1.29, 1.82) is 0 Å². The first kappa shape index (κ1) is 15.4. The summed E-state index contributed by atoms with van der Waals surface area (Å²) in [5.41, 5.74) is 2.06. The summed E-state index contributed by atoms with van der Waals surface area (Å²) < 4.78 is 4.80. The Labute approximate surface area is 128 Å². The van der Waals surface area contributed by atoms with Gasteiger partial charge < -0.3 is 10.1 Å². The van der Waals surface area contributed by atoms with Crippen molar-refractivity contribution >= 4 is 23.6 Å². The molecule has 0 unspecified atom stereocenters. The number of anilines is 1. The van der Waals surface area contributed by atoms with Crippen LogP contribution in [0.4, 0.5) is 5.69 Å². The fourth-order valence-electron chi connectivity index (χ4n) is 1.74. The van der Waals surface area contributed by atoms with E-state index in [2.05, 4.69) is 10.3 Å². The number of carbonyl (C=O) groups is 2. The number of hydrogen-bond acceptors (Lipinski definition) is 4. The largest absolute Gasteiger partial charge is 0.463 e. The molecule has 0 aliphatic rings. The standard InChI is InChI=1S/C17H16N2O3/c1-2-22-16(20)8-5-13-3-6-15(7-4-13)19-17(21)14-9-11-18-12-10-14/h3-12H,2H2,1H3,(H,19,21). The third-order valence-corrected chi connectivity index (χ3v) is 2.81. The summed E-state index contributed by atoms with van der Waals surface area (Å²) in [7, 11) is 0. The molecular formula is C17H16N2O3. The van der Waals surface area contributed by atoms with Gasteiger partial charge in [-0.15, -0.1) is 0 Å². The zero-order valence-electron chi connectivity index (χ0n) is 12.2. The van der Waals surface area contributed by atoms with Gasteiger partial charge in [-0.2, -0.15) is 0 Å². The molecule has 1 N–H and O–H groups in total. The molecule has 1 heterocycles. The van der Waals surface area contributed by atoms with Crippen LogP contribution >= 0.6 is 0 Å². The van der Waals surface area contributed by atoms with E-state index in [4.69, 9.17) is 4.74 Å². The summed E-state index contributed by atoms with van der Waals surface area (Å²) in [4.78, 5) is 27.1. The highest BCUT2D eigenvalue weighted by molar-refractivity contribution is 6.04. The third-order valence-electron chi connectivity index (χ3n) is 2.81. The predicted octanol–water partition coefficient (Wildman–Crippen LogP) is 2.91. The number of rotatable bonds is 5. The summed E-state index contributed by atoms with van der Waals surface area (Å²) in [5, 5.41) is 2.79. The Hall–Kier alpha value is -2.95. The zero-order chi connectivity index (χ0) is 15.8. The van der Waals surface area contributed by atoms with Crippen molar-refractivity contribution in [2.24, 2.45) is 0 Å². The molecule has 0 fully saturated rings. The van der Waals surface area contributed by atoms with Crippen molar-refractivity contribution < 1.29 is 14.3 Å². The number of nitrogens with zero attached hydrogens (tertiary/aromatic N) is 1. The fraction of sp³-hybridized carbons (Fsp3) is 0.118. The highest BCUT2D eigenvalue weighted by Crippen LogP contribution is 2.12. The van der Waals surface area contributed by atoms with E-state index in [1.54, 1.807) is 61.8 Å². The van der Waals surface area contributed by atoms with E-state index in [-0.39, 0.29) is 11.9 Å². The molecule has 0 radical (unpaired) electrons. The number of pyridine rings is 1. The number of carbonyl (C=O) groups excluding carboxylic acids is 2. The van der Waals surface area contributed by atoms with Gasteiger partial charge in [0.05, 0.1) is 6.61 Å². The van der Waals surface area contributed by atoms with Crippen LogP contribution in [0, 0.1) is 0 Å². The third kappa shape index (κ3) is 4.56. The number of nitrogens with one attached hydrogen (secondary N) is 1. The van der Waals surface area contributed by atoms with Crippen LogP contribution in [-0.2, 0) is 9.53 Å². The lowest BCUT2D eigenvalue weighted by molar-refractivity contribution is -0.137. The number of aromatic nitrogens is 1. The lowest BCUT2D eigenvalue weighted by atomic mass is 10.2. The highest BCUT2D eigenvalue weighted by atomic mass is 16.5. The Morgan fingerprint density at radius 1 is 1.14 bits per heavy atom. The highest BCUT2D eigenvalue weighted by Gasteiger charge is 2.04. The van der Waals surface area contributed by atoms with Crippen LogP contribution in [0.15, 0.2) is 54.9 Å². The predicted molar refractivity (Wildman–Crippen MR) is 84.3 cm³/mol. The Morgan fingerprint density at radius 3 is 2.45 bits per heavy atom. The van der Waals surface area contributed by atoms with Gasteiger partial charge in [0.1, 0.15) is 0 Å². The van der Waals surface area contributed by atoms with E-state index in [0.29, 0.717) is 17.9 Å². The molecular weight excluding hydrogens is 280 g/mol. The Balaban J connectivity index is 1.97. The number of esters is 1. The van der Waals surface area contributed by atoms with Gasteiger partial charge in [-0.05, 0) is 42.8 Å². The summed E-state index contributed by atoms with van der Waals surface area (Å²) in [6, 6.07) is 10.4. The second kappa shape index (κ2) is 7.73. The van der Waals surface area contributed by atoms with Crippen molar-refractivity contribution in [3.8, 4) is 0 Å². The quantitative estimate of drug-likeness (QED) is 0.680. The molecule has 0 aliphatic carbocycles.